The van der Waals surface area contributed by atoms with Crippen LogP contribution in [0.3, 0.4) is 0 Å². The largest absolute Gasteiger partial charge is 0.357 e. The summed E-state index contributed by atoms with van der Waals surface area (Å²) in [6.45, 7) is 3.80. The Bertz CT molecular complexity index is 465. The van der Waals surface area contributed by atoms with Gasteiger partial charge < -0.3 is 9.80 Å². The fraction of sp³-hybridized carbons (Fsp3) is 0.667. The molecule has 0 radical (unpaired) electrons. The third kappa shape index (κ3) is 2.92. The Morgan fingerprint density at radius 1 is 0.900 bits per heavy atom. The van der Waals surface area contributed by atoms with Gasteiger partial charge in [0.15, 0.2) is 0 Å². The number of piperidine rings is 2. The van der Waals surface area contributed by atoms with Crippen LogP contribution in [-0.4, -0.2) is 47.0 Å². The third-order valence-corrected chi connectivity index (χ3v) is 4.20. The van der Waals surface area contributed by atoms with Gasteiger partial charge in [-0.05, 0) is 38.5 Å². The van der Waals surface area contributed by atoms with Crippen LogP contribution < -0.4 is 4.90 Å². The van der Waals surface area contributed by atoms with Crippen molar-refractivity contribution in [2.24, 2.45) is 0 Å². The first-order valence-corrected chi connectivity index (χ1v) is 7.71. The number of nitrogens with zero attached hydrogens (tertiary/aromatic N) is 4. The minimum atomic E-state index is 0.0605. The summed E-state index contributed by atoms with van der Waals surface area (Å²) in [5, 5.41) is 0. The molecule has 5 heteroatoms. The molecule has 0 saturated carbocycles. The highest BCUT2D eigenvalue weighted by Crippen LogP contribution is 2.19. The monoisotopic (exact) mass is 274 g/mol. The highest BCUT2D eigenvalue weighted by atomic mass is 16.2. The maximum absolute atomic E-state index is 12.5. The Morgan fingerprint density at radius 3 is 2.25 bits per heavy atom. The van der Waals surface area contributed by atoms with E-state index in [0.29, 0.717) is 5.69 Å². The fourth-order valence-electron chi connectivity index (χ4n) is 3.02. The van der Waals surface area contributed by atoms with Gasteiger partial charge in [0, 0.05) is 32.2 Å². The second-order valence-corrected chi connectivity index (χ2v) is 5.66. The molecule has 2 saturated heterocycles. The highest BCUT2D eigenvalue weighted by Gasteiger charge is 2.21. The molecule has 3 rings (SSSR count). The molecule has 5 nitrogen and oxygen atoms in total. The topological polar surface area (TPSA) is 49.3 Å². The van der Waals surface area contributed by atoms with Crippen LogP contribution in [0.5, 0.6) is 0 Å². The first-order valence-electron chi connectivity index (χ1n) is 7.71. The van der Waals surface area contributed by atoms with E-state index >= 15 is 0 Å². The molecule has 0 atom stereocenters. The summed E-state index contributed by atoms with van der Waals surface area (Å²) in [6.07, 6.45) is 8.68. The molecule has 0 spiro atoms. The fourth-order valence-corrected chi connectivity index (χ4v) is 3.02. The van der Waals surface area contributed by atoms with Gasteiger partial charge in [0.25, 0.3) is 5.91 Å². The lowest BCUT2D eigenvalue weighted by atomic mass is 10.1. The van der Waals surface area contributed by atoms with Crippen molar-refractivity contribution in [3.63, 3.8) is 0 Å². The summed E-state index contributed by atoms with van der Waals surface area (Å²) in [5.41, 5.74) is 0.544. The molecule has 2 aliphatic heterocycles. The summed E-state index contributed by atoms with van der Waals surface area (Å²) < 4.78 is 0. The standard InChI is InChI=1S/C15H22N4O/c20-15(19-9-5-2-6-10-19)13-11-14(17-12-16-13)18-7-3-1-4-8-18/h11-12H,1-10H2. The van der Waals surface area contributed by atoms with Crippen molar-refractivity contribution in [3.05, 3.63) is 18.1 Å². The third-order valence-electron chi connectivity index (χ3n) is 4.20. The van der Waals surface area contributed by atoms with E-state index < -0.39 is 0 Å². The number of hydrogen-bond donors (Lipinski definition) is 0. The van der Waals surface area contributed by atoms with Crippen molar-refractivity contribution in [1.29, 1.82) is 0 Å². The zero-order valence-electron chi connectivity index (χ0n) is 11.9. The van der Waals surface area contributed by atoms with Crippen LogP contribution >= 0.6 is 0 Å². The lowest BCUT2D eigenvalue weighted by Crippen LogP contribution is -2.36. The lowest BCUT2D eigenvalue weighted by Gasteiger charge is -2.29. The Morgan fingerprint density at radius 2 is 1.55 bits per heavy atom. The maximum atomic E-state index is 12.5. The van der Waals surface area contributed by atoms with Crippen LogP contribution in [0.1, 0.15) is 49.0 Å². The van der Waals surface area contributed by atoms with Crippen LogP contribution in [0.4, 0.5) is 5.82 Å². The number of rotatable bonds is 2. The van der Waals surface area contributed by atoms with E-state index in [-0.39, 0.29) is 5.91 Å². The SMILES string of the molecule is O=C(c1cc(N2CCCCC2)ncn1)N1CCCCC1. The predicted octanol–water partition coefficient (Wildman–Crippen LogP) is 2.09. The van der Waals surface area contributed by atoms with Gasteiger partial charge in [-0.3, -0.25) is 4.79 Å². The molecule has 0 unspecified atom stereocenters. The second-order valence-electron chi connectivity index (χ2n) is 5.66. The molecule has 1 aromatic rings. The molecule has 2 fully saturated rings. The first-order chi connectivity index (χ1) is 9.84. The molecular weight excluding hydrogens is 252 g/mol. The van der Waals surface area contributed by atoms with E-state index in [1.54, 1.807) is 0 Å². The summed E-state index contributed by atoms with van der Waals surface area (Å²) in [7, 11) is 0. The van der Waals surface area contributed by atoms with Crippen molar-refractivity contribution in [2.75, 3.05) is 31.1 Å². The van der Waals surface area contributed by atoms with Crippen LogP contribution in [0, 0.1) is 0 Å². The maximum Gasteiger partial charge on any atom is 0.272 e. The van der Waals surface area contributed by atoms with Gasteiger partial charge in [-0.25, -0.2) is 9.97 Å². The summed E-state index contributed by atoms with van der Waals surface area (Å²) in [6, 6.07) is 1.86. The van der Waals surface area contributed by atoms with E-state index in [1.165, 1.54) is 32.0 Å². The highest BCUT2D eigenvalue weighted by molar-refractivity contribution is 5.93. The van der Waals surface area contributed by atoms with E-state index in [1.807, 2.05) is 11.0 Å². The van der Waals surface area contributed by atoms with Crippen molar-refractivity contribution in [2.45, 2.75) is 38.5 Å². The number of carbonyl (C=O) groups excluding carboxylic acids is 1. The molecule has 0 N–H and O–H groups in total. The van der Waals surface area contributed by atoms with Gasteiger partial charge in [-0.2, -0.15) is 0 Å². The van der Waals surface area contributed by atoms with Gasteiger partial charge in [0.1, 0.15) is 17.8 Å². The number of hydrogen-bond acceptors (Lipinski definition) is 4. The van der Waals surface area contributed by atoms with Gasteiger partial charge in [0.2, 0.25) is 0 Å². The summed E-state index contributed by atoms with van der Waals surface area (Å²) >= 11 is 0. The number of anilines is 1. The van der Waals surface area contributed by atoms with E-state index in [4.69, 9.17) is 0 Å². The smallest absolute Gasteiger partial charge is 0.272 e. The zero-order chi connectivity index (χ0) is 13.8. The minimum absolute atomic E-state index is 0.0605. The Kier molecular flexibility index (Phi) is 4.14. The Hall–Kier alpha value is -1.65. The second kappa shape index (κ2) is 6.20. The van der Waals surface area contributed by atoms with Crippen molar-refractivity contribution < 1.29 is 4.79 Å². The van der Waals surface area contributed by atoms with Crippen molar-refractivity contribution >= 4 is 11.7 Å². The molecule has 0 aliphatic carbocycles. The molecule has 1 aromatic heterocycles. The van der Waals surface area contributed by atoms with Crippen molar-refractivity contribution in [3.8, 4) is 0 Å². The number of amides is 1. The number of carbonyl (C=O) groups is 1. The average Bonchev–Trinajstić information content (AvgIpc) is 2.56. The van der Waals surface area contributed by atoms with Crippen LogP contribution in [-0.2, 0) is 0 Å². The van der Waals surface area contributed by atoms with Crippen LogP contribution in [0.15, 0.2) is 12.4 Å². The lowest BCUT2D eigenvalue weighted by molar-refractivity contribution is 0.0718. The molecular formula is C15H22N4O. The van der Waals surface area contributed by atoms with Crippen molar-refractivity contribution in [1.82, 2.24) is 14.9 Å². The minimum Gasteiger partial charge on any atom is -0.357 e. The Labute approximate surface area is 120 Å². The summed E-state index contributed by atoms with van der Waals surface area (Å²) in [5.74, 6) is 0.963. The van der Waals surface area contributed by atoms with Gasteiger partial charge >= 0.3 is 0 Å². The van der Waals surface area contributed by atoms with E-state index in [2.05, 4.69) is 14.9 Å². The van der Waals surface area contributed by atoms with E-state index in [9.17, 15) is 4.79 Å². The number of likely N-dealkylation sites (tertiary alicyclic amines) is 1. The number of aromatic nitrogens is 2. The molecule has 0 aromatic carbocycles. The molecule has 20 heavy (non-hydrogen) atoms. The summed E-state index contributed by atoms with van der Waals surface area (Å²) in [4.78, 5) is 25.2. The van der Waals surface area contributed by atoms with Gasteiger partial charge in [-0.1, -0.05) is 0 Å². The van der Waals surface area contributed by atoms with Gasteiger partial charge in [-0.15, -0.1) is 0 Å². The zero-order valence-corrected chi connectivity index (χ0v) is 11.9. The normalized spacial score (nSPS) is 20.0. The molecule has 2 aliphatic rings. The van der Waals surface area contributed by atoms with E-state index in [0.717, 1.165) is 44.8 Å². The van der Waals surface area contributed by atoms with Gasteiger partial charge in [0.05, 0.1) is 0 Å². The predicted molar refractivity (Wildman–Crippen MR) is 77.9 cm³/mol. The first kappa shape index (κ1) is 13.3. The quantitative estimate of drug-likeness (QED) is 0.828. The Balaban J connectivity index is 1.74. The molecule has 3 heterocycles. The van der Waals surface area contributed by atoms with Crippen LogP contribution in [0.25, 0.3) is 0 Å². The average molecular weight is 274 g/mol. The molecule has 108 valence electrons. The van der Waals surface area contributed by atoms with Crippen LogP contribution in [0.2, 0.25) is 0 Å². The molecule has 1 amide bonds. The molecule has 0 bridgehead atoms.